The zero-order chi connectivity index (χ0) is 15.4. The van der Waals surface area contributed by atoms with Gasteiger partial charge in [0.2, 0.25) is 5.89 Å². The van der Waals surface area contributed by atoms with Crippen molar-refractivity contribution in [3.63, 3.8) is 0 Å². The molecule has 0 N–H and O–H groups in total. The molecule has 5 nitrogen and oxygen atoms in total. The summed E-state index contributed by atoms with van der Waals surface area (Å²) >= 11 is 2.70. The zero-order valence-corrected chi connectivity index (χ0v) is 13.7. The van der Waals surface area contributed by atoms with E-state index in [4.69, 9.17) is 4.42 Å². The number of nitrogens with zero attached hydrogens (tertiary/aromatic N) is 3. The summed E-state index contributed by atoms with van der Waals surface area (Å²) in [7, 11) is 0. The van der Waals surface area contributed by atoms with E-state index in [9.17, 15) is 4.79 Å². The lowest BCUT2D eigenvalue weighted by Crippen LogP contribution is -2.15. The van der Waals surface area contributed by atoms with Crippen molar-refractivity contribution in [3.05, 3.63) is 62.5 Å². The van der Waals surface area contributed by atoms with Crippen LogP contribution in [-0.2, 0) is 13.0 Å². The molecule has 0 aliphatic rings. The van der Waals surface area contributed by atoms with Crippen molar-refractivity contribution in [2.75, 3.05) is 5.75 Å². The molecule has 0 atom stereocenters. The summed E-state index contributed by atoms with van der Waals surface area (Å²) in [4.78, 5) is 11.7. The molecule has 7 heteroatoms. The van der Waals surface area contributed by atoms with Crippen LogP contribution >= 0.6 is 23.1 Å². The largest absolute Gasteiger partial charge is 0.416 e. The van der Waals surface area contributed by atoms with Crippen molar-refractivity contribution in [1.82, 2.24) is 14.8 Å². The van der Waals surface area contributed by atoms with Crippen LogP contribution < -0.4 is 4.87 Å². The normalized spacial score (nSPS) is 11.0. The molecule has 1 aromatic carbocycles. The number of hydrogen-bond acceptors (Lipinski definition) is 6. The van der Waals surface area contributed by atoms with Crippen LogP contribution in [0.1, 0.15) is 17.1 Å². The van der Waals surface area contributed by atoms with Gasteiger partial charge in [0.1, 0.15) is 0 Å². The molecule has 0 aliphatic heterocycles. The fourth-order valence-electron chi connectivity index (χ4n) is 2.04. The van der Waals surface area contributed by atoms with Gasteiger partial charge in [0.25, 0.3) is 5.22 Å². The molecule has 0 spiro atoms. The van der Waals surface area contributed by atoms with Gasteiger partial charge in [-0.3, -0.25) is 4.79 Å². The van der Waals surface area contributed by atoms with Gasteiger partial charge in [-0.05, 0) is 12.5 Å². The Balaban J connectivity index is 1.55. The van der Waals surface area contributed by atoms with Gasteiger partial charge in [-0.25, -0.2) is 0 Å². The maximum atomic E-state index is 11.6. The van der Waals surface area contributed by atoms with E-state index in [1.807, 2.05) is 42.6 Å². The van der Waals surface area contributed by atoms with Crippen molar-refractivity contribution in [1.29, 1.82) is 0 Å². The van der Waals surface area contributed by atoms with E-state index >= 15 is 0 Å². The molecule has 0 radical (unpaired) electrons. The van der Waals surface area contributed by atoms with Crippen LogP contribution in [0.15, 0.2) is 50.1 Å². The van der Waals surface area contributed by atoms with Crippen molar-refractivity contribution in [2.45, 2.75) is 25.1 Å². The monoisotopic (exact) mass is 333 g/mol. The molecule has 0 amide bonds. The smallest absolute Gasteiger partial charge is 0.307 e. The fourth-order valence-corrected chi connectivity index (χ4v) is 3.50. The van der Waals surface area contributed by atoms with E-state index < -0.39 is 0 Å². The Kier molecular flexibility index (Phi) is 4.74. The van der Waals surface area contributed by atoms with E-state index in [0.29, 0.717) is 24.1 Å². The first-order valence-electron chi connectivity index (χ1n) is 6.86. The Morgan fingerprint density at radius 2 is 2.09 bits per heavy atom. The number of rotatable bonds is 6. The molecule has 0 aliphatic carbocycles. The van der Waals surface area contributed by atoms with E-state index in [0.717, 1.165) is 17.0 Å². The molecule has 0 unspecified atom stereocenters. The number of aryl methyl sites for hydroxylation is 1. The minimum atomic E-state index is 0.0772. The third-order valence-corrected chi connectivity index (χ3v) is 4.84. The summed E-state index contributed by atoms with van der Waals surface area (Å²) in [6.07, 6.45) is 0.636. The molecule has 2 aromatic heterocycles. The van der Waals surface area contributed by atoms with Crippen LogP contribution in [-0.4, -0.2) is 20.5 Å². The molecule has 22 heavy (non-hydrogen) atoms. The van der Waals surface area contributed by atoms with Gasteiger partial charge in [0, 0.05) is 23.4 Å². The fraction of sp³-hybridized carbons (Fsp3) is 0.267. The van der Waals surface area contributed by atoms with Gasteiger partial charge in [-0.1, -0.05) is 53.4 Å². The second kappa shape index (κ2) is 6.93. The lowest BCUT2D eigenvalue weighted by atomic mass is 10.2. The molecule has 0 saturated heterocycles. The quantitative estimate of drug-likeness (QED) is 0.649. The highest BCUT2D eigenvalue weighted by Crippen LogP contribution is 2.18. The lowest BCUT2D eigenvalue weighted by Gasteiger charge is -2.01. The third kappa shape index (κ3) is 3.66. The molecular weight excluding hydrogens is 318 g/mol. The van der Waals surface area contributed by atoms with Crippen LogP contribution in [0.3, 0.4) is 0 Å². The van der Waals surface area contributed by atoms with Gasteiger partial charge < -0.3 is 8.98 Å². The highest BCUT2D eigenvalue weighted by atomic mass is 32.2. The summed E-state index contributed by atoms with van der Waals surface area (Å²) in [5.41, 5.74) is 2.13. The number of hydrogen-bond donors (Lipinski definition) is 0. The Labute approximate surface area is 136 Å². The van der Waals surface area contributed by atoms with E-state index in [1.165, 1.54) is 23.1 Å². The number of thiazole rings is 1. The predicted octanol–water partition coefficient (Wildman–Crippen LogP) is 2.98. The van der Waals surface area contributed by atoms with Crippen molar-refractivity contribution < 1.29 is 4.42 Å². The maximum absolute atomic E-state index is 11.6. The van der Waals surface area contributed by atoms with Crippen LogP contribution in [0.4, 0.5) is 0 Å². The first kappa shape index (κ1) is 15.1. The number of thioether (sulfide) groups is 1. The number of aromatic nitrogens is 3. The lowest BCUT2D eigenvalue weighted by molar-refractivity contribution is 0.420. The SMILES string of the molecule is Cc1csc(=O)n1CCSc1nnc(Cc2ccccc2)o1. The minimum absolute atomic E-state index is 0.0772. The first-order valence-corrected chi connectivity index (χ1v) is 8.73. The van der Waals surface area contributed by atoms with Crippen LogP contribution in [0.2, 0.25) is 0 Å². The molecule has 0 saturated carbocycles. The van der Waals surface area contributed by atoms with Gasteiger partial charge in [0.05, 0.1) is 6.42 Å². The average Bonchev–Trinajstić information content (AvgIpc) is 3.09. The van der Waals surface area contributed by atoms with Gasteiger partial charge >= 0.3 is 4.87 Å². The molecule has 0 bridgehead atoms. The van der Waals surface area contributed by atoms with Crippen LogP contribution in [0, 0.1) is 6.92 Å². The Morgan fingerprint density at radius 3 is 2.82 bits per heavy atom. The molecule has 2 heterocycles. The van der Waals surface area contributed by atoms with Gasteiger partial charge in [0.15, 0.2) is 0 Å². The van der Waals surface area contributed by atoms with Gasteiger partial charge in [-0.2, -0.15) is 0 Å². The summed E-state index contributed by atoms with van der Waals surface area (Å²) in [6, 6.07) is 10.0. The Bertz CT molecular complexity index is 792. The standard InChI is InChI=1S/C15H15N3O2S2/c1-11-10-22-15(19)18(11)7-8-21-14-17-16-13(20-14)9-12-5-3-2-4-6-12/h2-6,10H,7-9H2,1H3. The van der Waals surface area contributed by atoms with Crippen molar-refractivity contribution in [2.24, 2.45) is 0 Å². The first-order chi connectivity index (χ1) is 10.7. The topological polar surface area (TPSA) is 60.9 Å². The highest BCUT2D eigenvalue weighted by Gasteiger charge is 2.08. The molecule has 3 rings (SSSR count). The minimum Gasteiger partial charge on any atom is -0.416 e. The Morgan fingerprint density at radius 1 is 1.27 bits per heavy atom. The van der Waals surface area contributed by atoms with E-state index in [2.05, 4.69) is 10.2 Å². The summed E-state index contributed by atoms with van der Waals surface area (Å²) in [5.74, 6) is 1.34. The third-order valence-electron chi connectivity index (χ3n) is 3.16. The number of benzene rings is 1. The maximum Gasteiger partial charge on any atom is 0.307 e. The summed E-state index contributed by atoms with van der Waals surface area (Å²) in [5, 5.41) is 10.5. The van der Waals surface area contributed by atoms with Crippen molar-refractivity contribution in [3.8, 4) is 0 Å². The molecule has 0 fully saturated rings. The average molecular weight is 333 g/mol. The zero-order valence-electron chi connectivity index (χ0n) is 12.1. The van der Waals surface area contributed by atoms with Crippen molar-refractivity contribution >= 4 is 23.1 Å². The second-order valence-corrected chi connectivity index (χ2v) is 6.63. The molecule has 3 aromatic rings. The summed E-state index contributed by atoms with van der Waals surface area (Å²) < 4.78 is 7.39. The van der Waals surface area contributed by atoms with Crippen LogP contribution in [0.5, 0.6) is 0 Å². The second-order valence-electron chi connectivity index (χ2n) is 4.77. The van der Waals surface area contributed by atoms with E-state index in [1.54, 1.807) is 4.57 Å². The highest BCUT2D eigenvalue weighted by molar-refractivity contribution is 7.99. The van der Waals surface area contributed by atoms with Gasteiger partial charge in [-0.15, -0.1) is 10.2 Å². The van der Waals surface area contributed by atoms with E-state index in [-0.39, 0.29) is 4.87 Å². The summed E-state index contributed by atoms with van der Waals surface area (Å²) in [6.45, 7) is 2.59. The Hall–Kier alpha value is -1.86. The predicted molar refractivity (Wildman–Crippen MR) is 87.6 cm³/mol. The molecular formula is C15H15N3O2S2. The molecule has 114 valence electrons. The van der Waals surface area contributed by atoms with Crippen LogP contribution in [0.25, 0.3) is 0 Å².